The average molecular weight is 183 g/mol. The van der Waals surface area contributed by atoms with Crippen molar-refractivity contribution in [3.05, 3.63) is 0 Å². The smallest absolute Gasteiger partial charge is 0.0570 e. The van der Waals surface area contributed by atoms with Crippen molar-refractivity contribution in [2.75, 3.05) is 6.54 Å². The summed E-state index contributed by atoms with van der Waals surface area (Å²) in [5, 5.41) is 9.61. The van der Waals surface area contributed by atoms with E-state index in [0.29, 0.717) is 12.1 Å². The highest BCUT2D eigenvalue weighted by molar-refractivity contribution is 4.94. The van der Waals surface area contributed by atoms with Crippen molar-refractivity contribution < 1.29 is 5.11 Å². The molecule has 13 heavy (non-hydrogen) atoms. The largest absolute Gasteiger partial charge is 0.393 e. The maximum absolute atomic E-state index is 9.61. The number of piperidine rings is 1. The number of unbranched alkanes of at least 4 members (excludes halogenated alkanes) is 1. The highest BCUT2D eigenvalue weighted by atomic mass is 16.3. The molecule has 2 aliphatic rings. The van der Waals surface area contributed by atoms with Gasteiger partial charge >= 0.3 is 0 Å². The van der Waals surface area contributed by atoms with Gasteiger partial charge in [-0.2, -0.15) is 0 Å². The van der Waals surface area contributed by atoms with Crippen LogP contribution in [0.1, 0.15) is 45.4 Å². The van der Waals surface area contributed by atoms with Crippen LogP contribution in [0, 0.1) is 0 Å². The van der Waals surface area contributed by atoms with E-state index < -0.39 is 0 Å². The first-order chi connectivity index (χ1) is 6.31. The minimum atomic E-state index is -0.00428. The Morgan fingerprint density at radius 3 is 2.38 bits per heavy atom. The number of fused-ring (bicyclic) bond motifs is 2. The summed E-state index contributed by atoms with van der Waals surface area (Å²) in [5.41, 5.74) is 0. The van der Waals surface area contributed by atoms with Gasteiger partial charge in [0.25, 0.3) is 0 Å². The third-order valence-electron chi connectivity index (χ3n) is 3.63. The second-order valence-electron chi connectivity index (χ2n) is 4.60. The van der Waals surface area contributed by atoms with Crippen LogP contribution < -0.4 is 0 Å². The fourth-order valence-electron chi connectivity index (χ4n) is 2.95. The molecule has 0 aromatic rings. The number of aliphatic hydroxyl groups is 1. The van der Waals surface area contributed by atoms with Crippen LogP contribution in [0.15, 0.2) is 0 Å². The zero-order chi connectivity index (χ0) is 9.26. The van der Waals surface area contributed by atoms with Crippen molar-refractivity contribution in [1.29, 1.82) is 0 Å². The third-order valence-corrected chi connectivity index (χ3v) is 3.63. The molecule has 2 aliphatic heterocycles. The van der Waals surface area contributed by atoms with Gasteiger partial charge in [-0.25, -0.2) is 0 Å². The summed E-state index contributed by atoms with van der Waals surface area (Å²) in [5.74, 6) is 0. The molecule has 2 saturated heterocycles. The highest BCUT2D eigenvalue weighted by Crippen LogP contribution is 2.35. The molecule has 1 unspecified atom stereocenters. The average Bonchev–Trinajstić information content (AvgIpc) is 2.33. The van der Waals surface area contributed by atoms with E-state index in [-0.39, 0.29) is 6.10 Å². The molecule has 2 rings (SSSR count). The fourth-order valence-corrected chi connectivity index (χ4v) is 2.95. The Morgan fingerprint density at radius 2 is 1.85 bits per heavy atom. The van der Waals surface area contributed by atoms with Gasteiger partial charge in [-0.1, -0.05) is 13.3 Å². The quantitative estimate of drug-likeness (QED) is 0.721. The van der Waals surface area contributed by atoms with Gasteiger partial charge in [-0.05, 0) is 38.6 Å². The van der Waals surface area contributed by atoms with Crippen molar-refractivity contribution in [1.82, 2.24) is 4.90 Å². The molecule has 0 aromatic heterocycles. The third kappa shape index (κ3) is 1.89. The molecule has 76 valence electrons. The number of hydrogen-bond acceptors (Lipinski definition) is 2. The molecule has 0 amide bonds. The summed E-state index contributed by atoms with van der Waals surface area (Å²) in [6.07, 6.45) is 7.31. The minimum absolute atomic E-state index is 0.00428. The normalized spacial score (nSPS) is 39.7. The summed E-state index contributed by atoms with van der Waals surface area (Å²) in [6.45, 7) is 3.51. The standard InChI is InChI=1S/C11H21NO/c1-2-3-6-12-9-4-5-10(12)8-11(13)7-9/h9-11,13H,2-8H2,1H3/t9-,10+,11?. The molecule has 2 fully saturated rings. The van der Waals surface area contributed by atoms with E-state index in [1.807, 2.05) is 0 Å². The minimum Gasteiger partial charge on any atom is -0.393 e. The first-order valence-electron chi connectivity index (χ1n) is 5.75. The molecule has 2 nitrogen and oxygen atoms in total. The maximum Gasteiger partial charge on any atom is 0.0570 e. The van der Waals surface area contributed by atoms with Crippen LogP contribution in [0.2, 0.25) is 0 Å². The van der Waals surface area contributed by atoms with Crippen molar-refractivity contribution in [3.63, 3.8) is 0 Å². The molecular weight excluding hydrogens is 162 g/mol. The van der Waals surface area contributed by atoms with Crippen LogP contribution in [-0.4, -0.2) is 34.7 Å². The van der Waals surface area contributed by atoms with Crippen molar-refractivity contribution in [2.45, 2.75) is 63.6 Å². The van der Waals surface area contributed by atoms with Crippen LogP contribution in [0.4, 0.5) is 0 Å². The van der Waals surface area contributed by atoms with E-state index in [2.05, 4.69) is 11.8 Å². The molecule has 2 heterocycles. The van der Waals surface area contributed by atoms with Crippen molar-refractivity contribution in [3.8, 4) is 0 Å². The van der Waals surface area contributed by atoms with Crippen LogP contribution in [0.25, 0.3) is 0 Å². The predicted molar refractivity (Wildman–Crippen MR) is 53.7 cm³/mol. The van der Waals surface area contributed by atoms with Gasteiger partial charge in [-0.15, -0.1) is 0 Å². The Morgan fingerprint density at radius 1 is 1.23 bits per heavy atom. The maximum atomic E-state index is 9.61. The van der Waals surface area contributed by atoms with E-state index in [9.17, 15) is 5.11 Å². The second-order valence-corrected chi connectivity index (χ2v) is 4.60. The van der Waals surface area contributed by atoms with Gasteiger partial charge in [0.2, 0.25) is 0 Å². The van der Waals surface area contributed by atoms with Gasteiger partial charge in [0, 0.05) is 12.1 Å². The van der Waals surface area contributed by atoms with Crippen molar-refractivity contribution in [2.24, 2.45) is 0 Å². The number of rotatable bonds is 3. The molecule has 0 aliphatic carbocycles. The number of nitrogens with zero attached hydrogens (tertiary/aromatic N) is 1. The molecule has 3 atom stereocenters. The van der Waals surface area contributed by atoms with E-state index in [0.717, 1.165) is 12.8 Å². The van der Waals surface area contributed by atoms with Crippen molar-refractivity contribution >= 4 is 0 Å². The van der Waals surface area contributed by atoms with E-state index in [1.165, 1.54) is 32.2 Å². The lowest BCUT2D eigenvalue weighted by Gasteiger charge is -2.37. The lowest BCUT2D eigenvalue weighted by molar-refractivity contribution is 0.0349. The van der Waals surface area contributed by atoms with Crippen LogP contribution in [0.3, 0.4) is 0 Å². The Bertz CT molecular complexity index is 157. The van der Waals surface area contributed by atoms with Gasteiger partial charge in [0.05, 0.1) is 6.10 Å². The zero-order valence-corrected chi connectivity index (χ0v) is 8.58. The first kappa shape index (κ1) is 9.47. The topological polar surface area (TPSA) is 23.5 Å². The Kier molecular flexibility index (Phi) is 2.89. The molecule has 1 N–H and O–H groups in total. The summed E-state index contributed by atoms with van der Waals surface area (Å²) >= 11 is 0. The van der Waals surface area contributed by atoms with Crippen LogP contribution in [-0.2, 0) is 0 Å². The van der Waals surface area contributed by atoms with E-state index >= 15 is 0 Å². The summed E-state index contributed by atoms with van der Waals surface area (Å²) < 4.78 is 0. The Hall–Kier alpha value is -0.0800. The van der Waals surface area contributed by atoms with Gasteiger partial charge in [0.1, 0.15) is 0 Å². The molecule has 0 radical (unpaired) electrons. The second kappa shape index (κ2) is 3.97. The zero-order valence-electron chi connectivity index (χ0n) is 8.58. The Balaban J connectivity index is 1.90. The summed E-state index contributed by atoms with van der Waals surface area (Å²) in [6, 6.07) is 1.42. The molecule has 0 spiro atoms. The fraction of sp³-hybridized carbons (Fsp3) is 1.00. The SMILES string of the molecule is CCCCN1[C@@H]2CC[C@H]1CC(O)C2. The van der Waals surface area contributed by atoms with E-state index in [4.69, 9.17) is 0 Å². The van der Waals surface area contributed by atoms with Crippen LogP contribution >= 0.6 is 0 Å². The first-order valence-corrected chi connectivity index (χ1v) is 5.75. The molecule has 2 bridgehead atoms. The Labute approximate surface area is 80.9 Å². The molecule has 0 aromatic carbocycles. The lowest BCUT2D eigenvalue weighted by atomic mass is 9.99. The van der Waals surface area contributed by atoms with Gasteiger partial charge in [0.15, 0.2) is 0 Å². The molecular formula is C11H21NO. The lowest BCUT2D eigenvalue weighted by Crippen LogP contribution is -2.44. The monoisotopic (exact) mass is 183 g/mol. The van der Waals surface area contributed by atoms with Gasteiger partial charge < -0.3 is 5.11 Å². The van der Waals surface area contributed by atoms with Gasteiger partial charge in [-0.3, -0.25) is 4.90 Å². The highest BCUT2D eigenvalue weighted by Gasteiger charge is 2.39. The molecule has 2 heteroatoms. The summed E-state index contributed by atoms with van der Waals surface area (Å²) in [4.78, 5) is 2.65. The van der Waals surface area contributed by atoms with E-state index in [1.54, 1.807) is 0 Å². The number of hydrogen-bond donors (Lipinski definition) is 1. The number of aliphatic hydroxyl groups excluding tert-OH is 1. The predicted octanol–water partition coefficient (Wildman–Crippen LogP) is 1.77. The molecule has 0 saturated carbocycles. The van der Waals surface area contributed by atoms with Crippen LogP contribution in [0.5, 0.6) is 0 Å². The summed E-state index contributed by atoms with van der Waals surface area (Å²) in [7, 11) is 0.